The van der Waals surface area contributed by atoms with Crippen molar-refractivity contribution < 1.29 is 14.4 Å². The van der Waals surface area contributed by atoms with Crippen LogP contribution in [0.2, 0.25) is 0 Å². The molecule has 0 heterocycles. The number of benzene rings is 1. The summed E-state index contributed by atoms with van der Waals surface area (Å²) in [6.07, 6.45) is 0. The van der Waals surface area contributed by atoms with E-state index in [9.17, 15) is 14.4 Å². The third-order valence-corrected chi connectivity index (χ3v) is 2.37. The van der Waals surface area contributed by atoms with Gasteiger partial charge in [0.1, 0.15) is 0 Å². The van der Waals surface area contributed by atoms with Crippen molar-refractivity contribution in [3.63, 3.8) is 0 Å². The Bertz CT molecular complexity index is 459. The van der Waals surface area contributed by atoms with Crippen LogP contribution >= 0.6 is 0 Å². The van der Waals surface area contributed by atoms with Gasteiger partial charge in [-0.3, -0.25) is 14.4 Å². The summed E-state index contributed by atoms with van der Waals surface area (Å²) >= 11 is 0. The fourth-order valence-electron chi connectivity index (χ4n) is 1.34. The summed E-state index contributed by atoms with van der Waals surface area (Å²) in [5.74, 6) is -1.95. The SMILES string of the molecule is CNC(=O)C(=O)N(c1ccccc1)N(C)C(C)=O. The summed E-state index contributed by atoms with van der Waals surface area (Å²) in [5.41, 5.74) is 0.448. The van der Waals surface area contributed by atoms with Gasteiger partial charge in [0.25, 0.3) is 0 Å². The van der Waals surface area contributed by atoms with Crippen LogP contribution in [-0.2, 0) is 14.4 Å². The number of likely N-dealkylation sites (N-methyl/N-ethyl adjacent to an activating group) is 1. The van der Waals surface area contributed by atoms with E-state index in [1.165, 1.54) is 21.0 Å². The standard InChI is InChI=1S/C12H15N3O3/c1-9(16)14(3)15(12(18)11(17)13-2)10-7-5-4-6-8-10/h4-8H,1-3H3,(H,13,17). The second-order valence-electron chi connectivity index (χ2n) is 3.57. The number of nitrogens with zero attached hydrogens (tertiary/aromatic N) is 2. The molecule has 96 valence electrons. The zero-order chi connectivity index (χ0) is 13.7. The molecule has 1 rings (SSSR count). The first-order chi connectivity index (χ1) is 8.49. The van der Waals surface area contributed by atoms with Crippen molar-refractivity contribution in [2.75, 3.05) is 19.1 Å². The number of hydrogen-bond acceptors (Lipinski definition) is 3. The van der Waals surface area contributed by atoms with Crippen molar-refractivity contribution in [3.8, 4) is 0 Å². The van der Waals surface area contributed by atoms with E-state index in [4.69, 9.17) is 0 Å². The average molecular weight is 249 g/mol. The van der Waals surface area contributed by atoms with Crippen LogP contribution in [-0.4, -0.2) is 36.8 Å². The van der Waals surface area contributed by atoms with E-state index in [2.05, 4.69) is 5.32 Å². The summed E-state index contributed by atoms with van der Waals surface area (Å²) in [4.78, 5) is 34.7. The maximum absolute atomic E-state index is 11.9. The van der Waals surface area contributed by atoms with Crippen LogP contribution in [0.1, 0.15) is 6.92 Å². The lowest BCUT2D eigenvalue weighted by atomic mass is 10.3. The van der Waals surface area contributed by atoms with Gasteiger partial charge in [0, 0.05) is 21.0 Å². The van der Waals surface area contributed by atoms with Crippen molar-refractivity contribution in [1.29, 1.82) is 0 Å². The molecule has 6 heteroatoms. The Balaban J connectivity index is 3.15. The zero-order valence-electron chi connectivity index (χ0n) is 10.5. The third kappa shape index (κ3) is 2.85. The fourth-order valence-corrected chi connectivity index (χ4v) is 1.34. The first-order valence-corrected chi connectivity index (χ1v) is 5.34. The van der Waals surface area contributed by atoms with Crippen LogP contribution in [0.4, 0.5) is 5.69 Å². The van der Waals surface area contributed by atoms with Crippen molar-refractivity contribution in [2.24, 2.45) is 0 Å². The Labute approximate surface area is 105 Å². The highest BCUT2D eigenvalue weighted by atomic mass is 16.2. The molecule has 0 bridgehead atoms. The summed E-state index contributed by atoms with van der Waals surface area (Å²) in [5, 5.41) is 4.36. The zero-order valence-corrected chi connectivity index (χ0v) is 10.5. The highest BCUT2D eigenvalue weighted by molar-refractivity contribution is 6.40. The molecule has 1 aromatic carbocycles. The molecule has 0 saturated heterocycles. The molecule has 1 N–H and O–H groups in total. The molecule has 0 atom stereocenters. The average Bonchev–Trinajstić information content (AvgIpc) is 2.38. The Hall–Kier alpha value is -2.37. The van der Waals surface area contributed by atoms with Gasteiger partial charge in [0.2, 0.25) is 5.91 Å². The highest BCUT2D eigenvalue weighted by Gasteiger charge is 2.27. The maximum atomic E-state index is 11.9. The minimum Gasteiger partial charge on any atom is -0.351 e. The third-order valence-electron chi connectivity index (χ3n) is 2.37. The van der Waals surface area contributed by atoms with Gasteiger partial charge in [-0.15, -0.1) is 0 Å². The first-order valence-electron chi connectivity index (χ1n) is 5.34. The topological polar surface area (TPSA) is 69.7 Å². The quantitative estimate of drug-likeness (QED) is 0.569. The van der Waals surface area contributed by atoms with Gasteiger partial charge >= 0.3 is 11.8 Å². The van der Waals surface area contributed by atoms with Gasteiger partial charge in [-0.05, 0) is 12.1 Å². The lowest BCUT2D eigenvalue weighted by Crippen LogP contribution is -2.52. The number of nitrogens with one attached hydrogen (secondary N) is 1. The molecule has 0 saturated carbocycles. The van der Waals surface area contributed by atoms with Gasteiger partial charge in [0.05, 0.1) is 5.69 Å². The lowest BCUT2D eigenvalue weighted by Gasteiger charge is -2.30. The summed E-state index contributed by atoms with van der Waals surface area (Å²) < 4.78 is 0. The lowest BCUT2D eigenvalue weighted by molar-refractivity contribution is -0.141. The van der Waals surface area contributed by atoms with Gasteiger partial charge in [-0.2, -0.15) is 0 Å². The number of hydrazine groups is 1. The molecule has 3 amide bonds. The second-order valence-corrected chi connectivity index (χ2v) is 3.57. The minimum absolute atomic E-state index is 0.351. The minimum atomic E-state index is -0.818. The van der Waals surface area contributed by atoms with Gasteiger partial charge < -0.3 is 5.32 Å². The van der Waals surface area contributed by atoms with Crippen LogP contribution < -0.4 is 10.3 Å². The van der Waals surface area contributed by atoms with E-state index in [-0.39, 0.29) is 5.91 Å². The molecule has 0 aliphatic carbocycles. The fraction of sp³-hybridized carbons (Fsp3) is 0.250. The Morgan fingerprint density at radius 1 is 1.11 bits per heavy atom. The van der Waals surface area contributed by atoms with Crippen molar-refractivity contribution >= 4 is 23.4 Å². The Morgan fingerprint density at radius 3 is 2.11 bits per heavy atom. The van der Waals surface area contributed by atoms with Crippen molar-refractivity contribution in [3.05, 3.63) is 30.3 Å². The Morgan fingerprint density at radius 2 is 1.67 bits per heavy atom. The van der Waals surface area contributed by atoms with Gasteiger partial charge in [-0.25, -0.2) is 10.0 Å². The molecule has 0 spiro atoms. The predicted molar refractivity (Wildman–Crippen MR) is 66.4 cm³/mol. The predicted octanol–water partition coefficient (Wildman–Crippen LogP) is 0.159. The van der Waals surface area contributed by atoms with Crippen LogP contribution in [0.3, 0.4) is 0 Å². The Kier molecular flexibility index (Phi) is 4.42. The number of hydrogen-bond donors (Lipinski definition) is 1. The summed E-state index contributed by atoms with van der Waals surface area (Å²) in [7, 11) is 2.79. The monoisotopic (exact) mass is 249 g/mol. The van der Waals surface area contributed by atoms with E-state index in [1.807, 2.05) is 0 Å². The summed E-state index contributed by atoms with van der Waals surface area (Å²) in [6, 6.07) is 8.49. The molecule has 0 fully saturated rings. The molecule has 0 aliphatic heterocycles. The van der Waals surface area contributed by atoms with Gasteiger partial charge in [-0.1, -0.05) is 18.2 Å². The van der Waals surface area contributed by atoms with E-state index < -0.39 is 11.8 Å². The van der Waals surface area contributed by atoms with Crippen LogP contribution in [0.15, 0.2) is 30.3 Å². The molecule has 0 unspecified atom stereocenters. The molecule has 6 nitrogen and oxygen atoms in total. The van der Waals surface area contributed by atoms with Crippen molar-refractivity contribution in [2.45, 2.75) is 6.92 Å². The van der Waals surface area contributed by atoms with E-state index in [0.29, 0.717) is 5.69 Å². The number of carbonyl (C=O) groups excluding carboxylic acids is 3. The van der Waals surface area contributed by atoms with E-state index in [1.54, 1.807) is 30.3 Å². The molecule has 18 heavy (non-hydrogen) atoms. The van der Waals surface area contributed by atoms with Crippen LogP contribution in [0, 0.1) is 0 Å². The molecule has 0 aliphatic rings. The largest absolute Gasteiger partial charge is 0.351 e. The van der Waals surface area contributed by atoms with E-state index >= 15 is 0 Å². The van der Waals surface area contributed by atoms with E-state index in [0.717, 1.165) is 10.0 Å². The van der Waals surface area contributed by atoms with Crippen molar-refractivity contribution in [1.82, 2.24) is 10.3 Å². The molecule has 0 aromatic heterocycles. The number of carbonyl (C=O) groups is 3. The number of amides is 3. The molecular formula is C12H15N3O3. The molecule has 1 aromatic rings. The number of anilines is 1. The van der Waals surface area contributed by atoms with Crippen LogP contribution in [0.5, 0.6) is 0 Å². The highest BCUT2D eigenvalue weighted by Crippen LogP contribution is 2.15. The number of rotatable bonds is 1. The molecule has 0 radical (unpaired) electrons. The second kappa shape index (κ2) is 5.81. The normalized spacial score (nSPS) is 9.50. The molecular weight excluding hydrogens is 234 g/mol. The van der Waals surface area contributed by atoms with Gasteiger partial charge in [0.15, 0.2) is 0 Å². The smallest absolute Gasteiger partial charge is 0.335 e. The summed E-state index contributed by atoms with van der Waals surface area (Å²) in [6.45, 7) is 1.31. The number of para-hydroxylation sites is 1. The van der Waals surface area contributed by atoms with Crippen LogP contribution in [0.25, 0.3) is 0 Å². The first kappa shape index (κ1) is 13.7. The maximum Gasteiger partial charge on any atom is 0.335 e.